The van der Waals surface area contributed by atoms with Crippen LogP contribution in [0.1, 0.15) is 29.8 Å². The summed E-state index contributed by atoms with van der Waals surface area (Å²) in [4.78, 5) is 30.9. The van der Waals surface area contributed by atoms with Gasteiger partial charge in [0.1, 0.15) is 5.69 Å². The lowest BCUT2D eigenvalue weighted by Gasteiger charge is -2.39. The number of piperidine rings is 1. The number of aromatic nitrogens is 1. The van der Waals surface area contributed by atoms with Crippen LogP contribution < -0.4 is 0 Å². The number of amides is 1. The second-order valence-electron chi connectivity index (χ2n) is 9.34. The monoisotopic (exact) mass is 511 g/mol. The van der Waals surface area contributed by atoms with Crippen LogP contribution in [0, 0.1) is 5.92 Å². The van der Waals surface area contributed by atoms with E-state index in [1.165, 1.54) is 0 Å². The van der Waals surface area contributed by atoms with Gasteiger partial charge in [-0.3, -0.25) is 4.79 Å². The van der Waals surface area contributed by atoms with Gasteiger partial charge in [-0.25, -0.2) is 9.78 Å². The van der Waals surface area contributed by atoms with E-state index >= 15 is 0 Å². The molecule has 4 rings (SSSR count). The average molecular weight is 512 g/mol. The molecule has 2 fully saturated rings. The summed E-state index contributed by atoms with van der Waals surface area (Å²) in [6, 6.07) is 11.7. The van der Waals surface area contributed by atoms with Crippen LogP contribution >= 0.6 is 0 Å². The van der Waals surface area contributed by atoms with Crippen molar-refractivity contribution in [3.05, 3.63) is 42.1 Å². The Morgan fingerprint density at radius 3 is 2.69 bits per heavy atom. The van der Waals surface area contributed by atoms with E-state index in [0.29, 0.717) is 18.2 Å². The van der Waals surface area contributed by atoms with Crippen molar-refractivity contribution in [2.75, 3.05) is 53.6 Å². The molecule has 2 atom stereocenters. The summed E-state index contributed by atoms with van der Waals surface area (Å²) in [5.74, 6) is -2.24. The molecule has 1 amide bonds. The molecule has 0 radical (unpaired) electrons. The van der Waals surface area contributed by atoms with Gasteiger partial charge in [0.25, 0.3) is 5.91 Å². The molecule has 11 heteroatoms. The molecule has 2 aromatic rings. The third-order valence-electron chi connectivity index (χ3n) is 6.42. The molecule has 198 valence electrons. The lowest BCUT2D eigenvalue weighted by molar-refractivity contribution is -0.192. The summed E-state index contributed by atoms with van der Waals surface area (Å²) in [6.45, 7) is 4.89. The van der Waals surface area contributed by atoms with Crippen LogP contribution in [0.3, 0.4) is 0 Å². The number of pyridine rings is 1. The van der Waals surface area contributed by atoms with Gasteiger partial charge in [0.05, 0.1) is 30.9 Å². The fourth-order valence-electron chi connectivity index (χ4n) is 4.74. The Labute approximate surface area is 208 Å². The lowest BCUT2D eigenvalue weighted by Crippen LogP contribution is -2.50. The molecule has 0 bridgehead atoms. The number of likely N-dealkylation sites (N-methyl/N-ethyl adjacent to an activating group) is 1. The molecule has 2 saturated heterocycles. The standard InChI is InChI=1S/C23H31N3O3.C2HF3O2/c1-25(12-13-28-2)15-18-14-23(29-16-18)10-5-11-26(17-23)22(27)21-9-8-19-6-3-4-7-20(19)24-21;3-2(4,5)1(6)7/h3-4,6-9,18H,5,10-17H2,1-2H3;(H,6,7). The number of carboxylic acids is 1. The fraction of sp³-hybridized carbons (Fsp3) is 0.560. The summed E-state index contributed by atoms with van der Waals surface area (Å²) in [5.41, 5.74) is 1.19. The molecular weight excluding hydrogens is 479 g/mol. The minimum absolute atomic E-state index is 0.0130. The molecule has 3 heterocycles. The predicted octanol–water partition coefficient (Wildman–Crippen LogP) is 3.46. The molecule has 0 saturated carbocycles. The molecule has 2 aliphatic rings. The number of halogens is 3. The van der Waals surface area contributed by atoms with Crippen molar-refractivity contribution in [3.63, 3.8) is 0 Å². The van der Waals surface area contributed by atoms with Gasteiger partial charge in [-0.05, 0) is 44.4 Å². The van der Waals surface area contributed by atoms with E-state index in [-0.39, 0.29) is 11.5 Å². The third-order valence-corrected chi connectivity index (χ3v) is 6.42. The highest BCUT2D eigenvalue weighted by atomic mass is 19.4. The van der Waals surface area contributed by atoms with E-state index in [1.807, 2.05) is 41.3 Å². The Bertz CT molecular complexity index is 1050. The van der Waals surface area contributed by atoms with Gasteiger partial charge < -0.3 is 24.4 Å². The van der Waals surface area contributed by atoms with Crippen molar-refractivity contribution in [2.45, 2.75) is 31.0 Å². The van der Waals surface area contributed by atoms with Gasteiger partial charge in [-0.15, -0.1) is 0 Å². The Morgan fingerprint density at radius 1 is 1.28 bits per heavy atom. The molecule has 1 aromatic heterocycles. The largest absolute Gasteiger partial charge is 0.490 e. The van der Waals surface area contributed by atoms with Gasteiger partial charge in [-0.1, -0.05) is 24.3 Å². The van der Waals surface area contributed by atoms with E-state index in [1.54, 1.807) is 7.11 Å². The van der Waals surface area contributed by atoms with E-state index in [9.17, 15) is 18.0 Å². The molecule has 1 spiro atoms. The van der Waals surface area contributed by atoms with Gasteiger partial charge in [0.2, 0.25) is 0 Å². The predicted molar refractivity (Wildman–Crippen MR) is 127 cm³/mol. The molecule has 1 aromatic carbocycles. The number of carbonyl (C=O) groups excluding carboxylic acids is 1. The number of carboxylic acid groups (broad SMARTS) is 1. The smallest absolute Gasteiger partial charge is 0.475 e. The first kappa shape index (κ1) is 27.8. The van der Waals surface area contributed by atoms with Crippen LogP contribution in [-0.2, 0) is 14.3 Å². The number of aliphatic carboxylic acids is 1. The number of alkyl halides is 3. The minimum Gasteiger partial charge on any atom is -0.475 e. The zero-order chi connectivity index (χ0) is 26.3. The first-order valence-electron chi connectivity index (χ1n) is 11.8. The molecule has 0 aliphatic carbocycles. The molecule has 36 heavy (non-hydrogen) atoms. The van der Waals surface area contributed by atoms with Crippen LogP contribution in [0.25, 0.3) is 10.9 Å². The number of ether oxygens (including phenoxy) is 2. The minimum atomic E-state index is -5.08. The number of para-hydroxylation sites is 1. The van der Waals surface area contributed by atoms with Crippen molar-refractivity contribution in [1.29, 1.82) is 0 Å². The average Bonchev–Trinajstić information content (AvgIpc) is 3.22. The highest BCUT2D eigenvalue weighted by Crippen LogP contribution is 2.38. The molecule has 8 nitrogen and oxygen atoms in total. The third kappa shape index (κ3) is 7.37. The van der Waals surface area contributed by atoms with Gasteiger partial charge in [0, 0.05) is 32.1 Å². The van der Waals surface area contributed by atoms with Gasteiger partial charge >= 0.3 is 12.1 Å². The summed E-state index contributed by atoms with van der Waals surface area (Å²) in [7, 11) is 3.87. The number of nitrogens with zero attached hydrogens (tertiary/aromatic N) is 3. The topological polar surface area (TPSA) is 92.2 Å². The maximum atomic E-state index is 13.1. The van der Waals surface area contributed by atoms with Gasteiger partial charge in [-0.2, -0.15) is 13.2 Å². The van der Waals surface area contributed by atoms with Crippen LogP contribution in [0.5, 0.6) is 0 Å². The van der Waals surface area contributed by atoms with E-state index < -0.39 is 12.1 Å². The number of fused-ring (bicyclic) bond motifs is 1. The molecule has 2 aliphatic heterocycles. The highest BCUT2D eigenvalue weighted by molar-refractivity contribution is 5.95. The summed E-state index contributed by atoms with van der Waals surface area (Å²) < 4.78 is 43.2. The van der Waals surface area contributed by atoms with Crippen molar-refractivity contribution in [3.8, 4) is 0 Å². The van der Waals surface area contributed by atoms with Crippen LogP contribution in [0.4, 0.5) is 13.2 Å². The second kappa shape index (κ2) is 12.0. The van der Waals surface area contributed by atoms with Crippen molar-refractivity contribution >= 4 is 22.8 Å². The zero-order valence-electron chi connectivity index (χ0n) is 20.5. The number of rotatable bonds is 6. The first-order valence-corrected chi connectivity index (χ1v) is 11.8. The Hall–Kier alpha value is -2.76. The second-order valence-corrected chi connectivity index (χ2v) is 9.34. The summed E-state index contributed by atoms with van der Waals surface area (Å²) >= 11 is 0. The maximum absolute atomic E-state index is 13.1. The normalized spacial score (nSPS) is 22.1. The van der Waals surface area contributed by atoms with Crippen molar-refractivity contribution in [1.82, 2.24) is 14.8 Å². The number of benzene rings is 1. The maximum Gasteiger partial charge on any atom is 0.490 e. The van der Waals surface area contributed by atoms with Crippen LogP contribution in [0.15, 0.2) is 36.4 Å². The fourth-order valence-corrected chi connectivity index (χ4v) is 4.74. The number of hydrogen-bond acceptors (Lipinski definition) is 6. The van der Waals surface area contributed by atoms with Crippen LogP contribution in [-0.4, -0.2) is 97.1 Å². The number of carbonyl (C=O) groups is 2. The Balaban J connectivity index is 0.000000454. The van der Waals surface area contributed by atoms with E-state index in [2.05, 4.69) is 16.9 Å². The zero-order valence-corrected chi connectivity index (χ0v) is 20.5. The summed E-state index contributed by atoms with van der Waals surface area (Å²) in [6.07, 6.45) is -2.06. The SMILES string of the molecule is COCCN(C)CC1COC2(CCCN(C(=O)c3ccc4ccccc4n3)C2)C1.O=C(O)C(F)(F)F. The van der Waals surface area contributed by atoms with E-state index in [0.717, 1.165) is 63.0 Å². The first-order chi connectivity index (χ1) is 17.0. The molecular formula is C25H32F3N3O5. The van der Waals surface area contributed by atoms with Crippen molar-refractivity contribution in [2.24, 2.45) is 5.92 Å². The highest BCUT2D eigenvalue weighted by Gasteiger charge is 2.44. The van der Waals surface area contributed by atoms with E-state index in [4.69, 9.17) is 19.4 Å². The van der Waals surface area contributed by atoms with Gasteiger partial charge in [0.15, 0.2) is 0 Å². The Kier molecular flexibility index (Phi) is 9.26. The lowest BCUT2D eigenvalue weighted by atomic mass is 9.86. The number of hydrogen-bond donors (Lipinski definition) is 1. The van der Waals surface area contributed by atoms with Crippen molar-refractivity contribution < 1.29 is 37.3 Å². The summed E-state index contributed by atoms with van der Waals surface area (Å²) in [5, 5.41) is 8.18. The number of methoxy groups -OCH3 is 1. The van der Waals surface area contributed by atoms with Crippen LogP contribution in [0.2, 0.25) is 0 Å². The molecule has 1 N–H and O–H groups in total. The quantitative estimate of drug-likeness (QED) is 0.635. The molecule has 2 unspecified atom stereocenters. The number of likely N-dealkylation sites (tertiary alicyclic amines) is 1. The Morgan fingerprint density at radius 2 is 2.00 bits per heavy atom.